The SMILES string of the molecule is CCNC(=O)c1ccccc1-c1cc(F)cc(C(=O)Nc2cccnc2C)c1. The van der Waals surface area contributed by atoms with Crippen molar-refractivity contribution in [2.45, 2.75) is 13.8 Å². The van der Waals surface area contributed by atoms with Gasteiger partial charge in [-0.25, -0.2) is 4.39 Å². The predicted molar refractivity (Wildman–Crippen MR) is 107 cm³/mol. The van der Waals surface area contributed by atoms with Gasteiger partial charge in [-0.15, -0.1) is 0 Å². The van der Waals surface area contributed by atoms with E-state index in [9.17, 15) is 14.0 Å². The molecule has 0 aliphatic rings. The maximum Gasteiger partial charge on any atom is 0.255 e. The lowest BCUT2D eigenvalue weighted by atomic mass is 9.97. The minimum absolute atomic E-state index is 0.156. The maximum atomic E-state index is 14.3. The van der Waals surface area contributed by atoms with Crippen LogP contribution in [0.2, 0.25) is 0 Å². The molecule has 1 heterocycles. The Morgan fingerprint density at radius 3 is 2.57 bits per heavy atom. The second-order valence-electron chi connectivity index (χ2n) is 6.22. The van der Waals surface area contributed by atoms with E-state index in [1.54, 1.807) is 55.6 Å². The molecule has 3 aromatic rings. The molecule has 2 N–H and O–H groups in total. The Morgan fingerprint density at radius 1 is 1.04 bits per heavy atom. The number of nitrogens with zero attached hydrogens (tertiary/aromatic N) is 1. The molecular formula is C22H20FN3O2. The topological polar surface area (TPSA) is 71.1 Å². The molecule has 1 aromatic heterocycles. The fourth-order valence-electron chi connectivity index (χ4n) is 2.88. The summed E-state index contributed by atoms with van der Waals surface area (Å²) in [4.78, 5) is 29.1. The quantitative estimate of drug-likeness (QED) is 0.700. The summed E-state index contributed by atoms with van der Waals surface area (Å²) in [7, 11) is 0. The first-order chi connectivity index (χ1) is 13.5. The maximum absolute atomic E-state index is 14.3. The molecule has 0 bridgehead atoms. The molecule has 6 heteroatoms. The molecule has 28 heavy (non-hydrogen) atoms. The molecule has 0 unspecified atom stereocenters. The van der Waals surface area contributed by atoms with Gasteiger partial charge in [0.25, 0.3) is 11.8 Å². The lowest BCUT2D eigenvalue weighted by Crippen LogP contribution is -2.23. The fourth-order valence-corrected chi connectivity index (χ4v) is 2.88. The van der Waals surface area contributed by atoms with E-state index in [1.165, 1.54) is 12.1 Å². The standard InChI is InChI=1S/C22H20FN3O2/c1-3-24-22(28)19-8-5-4-7-18(19)15-11-16(13-17(23)12-15)21(27)26-20-9-6-10-25-14(20)2/h4-13H,3H2,1-2H3,(H,24,28)(H,26,27). The third kappa shape index (κ3) is 4.23. The number of benzene rings is 2. The third-order valence-corrected chi connectivity index (χ3v) is 4.24. The average molecular weight is 377 g/mol. The first-order valence-electron chi connectivity index (χ1n) is 8.90. The zero-order valence-corrected chi connectivity index (χ0v) is 15.6. The van der Waals surface area contributed by atoms with Crippen LogP contribution in [0.25, 0.3) is 11.1 Å². The van der Waals surface area contributed by atoms with Crippen molar-refractivity contribution in [2.24, 2.45) is 0 Å². The highest BCUT2D eigenvalue weighted by molar-refractivity contribution is 6.06. The Morgan fingerprint density at radius 2 is 1.82 bits per heavy atom. The van der Waals surface area contributed by atoms with Crippen molar-refractivity contribution in [3.05, 3.63) is 83.4 Å². The molecule has 142 valence electrons. The van der Waals surface area contributed by atoms with Gasteiger partial charge < -0.3 is 10.6 Å². The van der Waals surface area contributed by atoms with Crippen LogP contribution in [0.4, 0.5) is 10.1 Å². The summed E-state index contributed by atoms with van der Waals surface area (Å²) < 4.78 is 14.3. The highest BCUT2D eigenvalue weighted by Crippen LogP contribution is 2.26. The van der Waals surface area contributed by atoms with Crippen LogP contribution in [0.5, 0.6) is 0 Å². The molecular weight excluding hydrogens is 357 g/mol. The third-order valence-electron chi connectivity index (χ3n) is 4.24. The van der Waals surface area contributed by atoms with Crippen LogP contribution >= 0.6 is 0 Å². The fraction of sp³-hybridized carbons (Fsp3) is 0.136. The van der Waals surface area contributed by atoms with E-state index in [1.807, 2.05) is 6.92 Å². The van der Waals surface area contributed by atoms with Gasteiger partial charge in [0.15, 0.2) is 0 Å². The number of hydrogen-bond donors (Lipinski definition) is 2. The highest BCUT2D eigenvalue weighted by Gasteiger charge is 2.16. The molecule has 0 aliphatic carbocycles. The summed E-state index contributed by atoms with van der Waals surface area (Å²) >= 11 is 0. The summed E-state index contributed by atoms with van der Waals surface area (Å²) in [5.74, 6) is -1.26. The zero-order chi connectivity index (χ0) is 20.1. The van der Waals surface area contributed by atoms with Crippen LogP contribution in [-0.2, 0) is 0 Å². The summed E-state index contributed by atoms with van der Waals surface area (Å²) in [5.41, 5.74) is 2.80. The molecule has 5 nitrogen and oxygen atoms in total. The predicted octanol–water partition coefficient (Wildman–Crippen LogP) is 4.20. The number of pyridine rings is 1. The molecule has 0 spiro atoms. The monoisotopic (exact) mass is 377 g/mol. The van der Waals surface area contributed by atoms with Crippen LogP contribution in [0.1, 0.15) is 33.3 Å². The van der Waals surface area contributed by atoms with E-state index in [0.29, 0.717) is 34.6 Å². The molecule has 0 atom stereocenters. The van der Waals surface area contributed by atoms with Gasteiger partial charge in [0, 0.05) is 23.9 Å². The van der Waals surface area contributed by atoms with Crippen LogP contribution in [-0.4, -0.2) is 23.3 Å². The van der Waals surface area contributed by atoms with Crippen LogP contribution < -0.4 is 10.6 Å². The lowest BCUT2D eigenvalue weighted by Gasteiger charge is -2.12. The largest absolute Gasteiger partial charge is 0.352 e. The first kappa shape index (κ1) is 19.2. The number of nitrogens with one attached hydrogen (secondary N) is 2. The van der Waals surface area contributed by atoms with Crippen LogP contribution in [0.15, 0.2) is 60.8 Å². The van der Waals surface area contributed by atoms with Gasteiger partial charge in [0.05, 0.1) is 11.4 Å². The van der Waals surface area contributed by atoms with Gasteiger partial charge in [-0.1, -0.05) is 18.2 Å². The Labute approximate surface area is 162 Å². The number of aromatic nitrogens is 1. The van der Waals surface area contributed by atoms with E-state index in [2.05, 4.69) is 15.6 Å². The Hall–Kier alpha value is -3.54. The van der Waals surface area contributed by atoms with Gasteiger partial charge in [0.1, 0.15) is 5.82 Å². The molecule has 0 aliphatic heterocycles. The number of anilines is 1. The van der Waals surface area contributed by atoms with Gasteiger partial charge in [-0.2, -0.15) is 0 Å². The minimum Gasteiger partial charge on any atom is -0.352 e. The smallest absolute Gasteiger partial charge is 0.255 e. The molecule has 0 saturated heterocycles. The molecule has 0 radical (unpaired) electrons. The highest BCUT2D eigenvalue weighted by atomic mass is 19.1. The summed E-state index contributed by atoms with van der Waals surface area (Å²) in [5, 5.41) is 5.49. The number of amides is 2. The van der Waals surface area contributed by atoms with E-state index in [4.69, 9.17) is 0 Å². The van der Waals surface area contributed by atoms with Gasteiger partial charge in [-0.05, 0) is 61.4 Å². The number of carbonyl (C=O) groups is 2. The van der Waals surface area contributed by atoms with E-state index in [0.717, 1.165) is 0 Å². The second-order valence-corrected chi connectivity index (χ2v) is 6.22. The van der Waals surface area contributed by atoms with Crippen molar-refractivity contribution < 1.29 is 14.0 Å². The van der Waals surface area contributed by atoms with Crippen LogP contribution in [0, 0.1) is 12.7 Å². The van der Waals surface area contributed by atoms with Crippen molar-refractivity contribution in [3.63, 3.8) is 0 Å². The summed E-state index contributed by atoms with van der Waals surface area (Å²) in [6.07, 6.45) is 1.63. The van der Waals surface area contributed by atoms with Gasteiger partial charge in [-0.3, -0.25) is 14.6 Å². The molecule has 2 aromatic carbocycles. The first-order valence-corrected chi connectivity index (χ1v) is 8.90. The number of hydrogen-bond acceptors (Lipinski definition) is 3. The lowest BCUT2D eigenvalue weighted by molar-refractivity contribution is 0.0955. The number of carbonyl (C=O) groups excluding carboxylic acids is 2. The normalized spacial score (nSPS) is 10.4. The Kier molecular flexibility index (Phi) is 5.79. The number of aryl methyl sites for hydroxylation is 1. The average Bonchev–Trinajstić information content (AvgIpc) is 2.69. The van der Waals surface area contributed by atoms with Crippen molar-refractivity contribution in [3.8, 4) is 11.1 Å². The Bertz CT molecular complexity index is 1030. The zero-order valence-electron chi connectivity index (χ0n) is 15.6. The van der Waals surface area contributed by atoms with Crippen LogP contribution in [0.3, 0.4) is 0 Å². The number of halogens is 1. The molecule has 2 amide bonds. The Balaban J connectivity index is 1.98. The second kappa shape index (κ2) is 8.43. The molecule has 3 rings (SSSR count). The van der Waals surface area contributed by atoms with Gasteiger partial charge in [0.2, 0.25) is 0 Å². The van der Waals surface area contributed by atoms with E-state index < -0.39 is 11.7 Å². The van der Waals surface area contributed by atoms with Gasteiger partial charge >= 0.3 is 0 Å². The summed E-state index contributed by atoms with van der Waals surface area (Å²) in [6.45, 7) is 4.08. The van der Waals surface area contributed by atoms with Crippen molar-refractivity contribution in [2.75, 3.05) is 11.9 Å². The molecule has 0 saturated carbocycles. The number of rotatable bonds is 5. The van der Waals surface area contributed by atoms with E-state index in [-0.39, 0.29) is 11.5 Å². The van der Waals surface area contributed by atoms with Crippen molar-refractivity contribution in [1.29, 1.82) is 0 Å². The molecule has 0 fully saturated rings. The summed E-state index contributed by atoms with van der Waals surface area (Å²) in [6, 6.07) is 14.4. The minimum atomic E-state index is -0.559. The van der Waals surface area contributed by atoms with Crippen molar-refractivity contribution in [1.82, 2.24) is 10.3 Å². The van der Waals surface area contributed by atoms with Crippen molar-refractivity contribution >= 4 is 17.5 Å². The van der Waals surface area contributed by atoms with E-state index >= 15 is 0 Å².